The summed E-state index contributed by atoms with van der Waals surface area (Å²) in [5.41, 5.74) is 19.1. The monoisotopic (exact) mass is 703 g/mol. The zero-order valence-corrected chi connectivity index (χ0v) is 30.7. The highest BCUT2D eigenvalue weighted by molar-refractivity contribution is 5.90. The van der Waals surface area contributed by atoms with Crippen molar-refractivity contribution in [2.75, 3.05) is 0 Å². The zero-order valence-electron chi connectivity index (χ0n) is 30.7. The second-order valence-electron chi connectivity index (χ2n) is 15.4. The van der Waals surface area contributed by atoms with Gasteiger partial charge in [0.25, 0.3) is 0 Å². The van der Waals surface area contributed by atoms with Crippen molar-refractivity contribution >= 4 is 5.65 Å². The second kappa shape index (κ2) is 11.8. The van der Waals surface area contributed by atoms with Crippen LogP contribution < -0.4 is 0 Å². The van der Waals surface area contributed by atoms with Gasteiger partial charge in [-0.25, -0.2) is 9.97 Å². The lowest BCUT2D eigenvalue weighted by Crippen LogP contribution is -2.28. The van der Waals surface area contributed by atoms with E-state index in [1.807, 2.05) is 6.20 Å². The summed E-state index contributed by atoms with van der Waals surface area (Å²) in [5, 5.41) is 0. The van der Waals surface area contributed by atoms with Crippen LogP contribution in [-0.4, -0.2) is 14.4 Å². The number of nitrogens with zero attached hydrogens (tertiary/aromatic N) is 3. The van der Waals surface area contributed by atoms with Gasteiger partial charge in [-0.2, -0.15) is 0 Å². The van der Waals surface area contributed by atoms with Crippen LogP contribution in [0.2, 0.25) is 0 Å². The summed E-state index contributed by atoms with van der Waals surface area (Å²) < 4.78 is 2.24. The lowest BCUT2D eigenvalue weighted by molar-refractivity contribution is 0.660. The molecule has 0 aliphatic heterocycles. The van der Waals surface area contributed by atoms with Gasteiger partial charge in [0.15, 0.2) is 5.65 Å². The van der Waals surface area contributed by atoms with Crippen LogP contribution in [0.3, 0.4) is 0 Å². The van der Waals surface area contributed by atoms with Crippen LogP contribution in [0.1, 0.15) is 47.2 Å². The molecule has 0 saturated carbocycles. The molecule has 0 bridgehead atoms. The van der Waals surface area contributed by atoms with Crippen LogP contribution in [0.25, 0.3) is 61.7 Å². The van der Waals surface area contributed by atoms with Crippen LogP contribution >= 0.6 is 0 Å². The minimum absolute atomic E-state index is 0.119. The molecule has 11 rings (SSSR count). The van der Waals surface area contributed by atoms with E-state index < -0.39 is 5.41 Å². The van der Waals surface area contributed by atoms with Crippen molar-refractivity contribution in [3.63, 3.8) is 0 Å². The molecule has 0 unspecified atom stereocenters. The van der Waals surface area contributed by atoms with Crippen LogP contribution in [-0.2, 0) is 10.8 Å². The van der Waals surface area contributed by atoms with Gasteiger partial charge >= 0.3 is 0 Å². The Balaban J connectivity index is 1.17. The molecule has 7 aromatic carbocycles. The number of hydrogen-bond donors (Lipinski definition) is 0. The predicted octanol–water partition coefficient (Wildman–Crippen LogP) is 12.4. The molecule has 0 spiro atoms. The Labute approximate surface area is 321 Å². The summed E-state index contributed by atoms with van der Waals surface area (Å²) in [5.74, 6) is 0. The SMILES string of the molecule is CC1(C)c2ccccc2-c2ccc(-c3cn4c(-c5ccccc5)cnc4c(-c4ccc5c(c4)C(c4ccccc4)(c4ccccc4)c4ccccc4-5)n3)cc21. The Kier molecular flexibility index (Phi) is 6.81. The molecular formula is C52H37N3. The topological polar surface area (TPSA) is 30.2 Å². The van der Waals surface area contributed by atoms with E-state index in [4.69, 9.17) is 9.97 Å². The van der Waals surface area contributed by atoms with E-state index in [-0.39, 0.29) is 5.41 Å². The molecule has 9 aromatic rings. The molecule has 0 saturated heterocycles. The Hall–Kier alpha value is -6.84. The number of hydrogen-bond acceptors (Lipinski definition) is 2. The maximum absolute atomic E-state index is 5.56. The third-order valence-corrected chi connectivity index (χ3v) is 12.2. The van der Waals surface area contributed by atoms with Crippen molar-refractivity contribution in [3.05, 3.63) is 222 Å². The Morgan fingerprint density at radius 2 is 0.982 bits per heavy atom. The first-order valence-electron chi connectivity index (χ1n) is 19.1. The van der Waals surface area contributed by atoms with Crippen molar-refractivity contribution in [2.45, 2.75) is 24.7 Å². The van der Waals surface area contributed by atoms with Gasteiger partial charge in [0.05, 0.1) is 23.0 Å². The number of fused-ring (bicyclic) bond motifs is 7. The van der Waals surface area contributed by atoms with Crippen molar-refractivity contribution in [2.24, 2.45) is 0 Å². The number of benzene rings is 7. The number of imidazole rings is 1. The minimum Gasteiger partial charge on any atom is -0.296 e. The molecule has 0 N–H and O–H groups in total. The van der Waals surface area contributed by atoms with Gasteiger partial charge in [-0.15, -0.1) is 0 Å². The molecule has 0 fully saturated rings. The first-order chi connectivity index (χ1) is 27.0. The summed E-state index contributed by atoms with van der Waals surface area (Å²) >= 11 is 0. The van der Waals surface area contributed by atoms with Crippen LogP contribution in [0.15, 0.2) is 188 Å². The minimum atomic E-state index is -0.510. The van der Waals surface area contributed by atoms with Crippen molar-refractivity contribution in [1.82, 2.24) is 14.4 Å². The summed E-state index contributed by atoms with van der Waals surface area (Å²) in [6.07, 6.45) is 4.16. The summed E-state index contributed by atoms with van der Waals surface area (Å²) in [7, 11) is 0. The van der Waals surface area contributed by atoms with E-state index in [1.165, 1.54) is 55.6 Å². The Morgan fingerprint density at radius 3 is 1.67 bits per heavy atom. The molecule has 3 nitrogen and oxygen atoms in total. The van der Waals surface area contributed by atoms with Gasteiger partial charge in [-0.05, 0) is 67.8 Å². The maximum atomic E-state index is 5.56. The zero-order chi connectivity index (χ0) is 36.7. The van der Waals surface area contributed by atoms with Gasteiger partial charge in [0.2, 0.25) is 0 Å². The Morgan fingerprint density at radius 1 is 0.455 bits per heavy atom. The summed E-state index contributed by atoms with van der Waals surface area (Å²) in [4.78, 5) is 10.7. The highest BCUT2D eigenvalue weighted by atomic mass is 15.0. The van der Waals surface area contributed by atoms with E-state index in [2.05, 4.69) is 200 Å². The van der Waals surface area contributed by atoms with Gasteiger partial charge < -0.3 is 0 Å². The van der Waals surface area contributed by atoms with E-state index >= 15 is 0 Å². The van der Waals surface area contributed by atoms with Crippen LogP contribution in [0.4, 0.5) is 0 Å². The molecule has 0 amide bonds. The lowest BCUT2D eigenvalue weighted by Gasteiger charge is -2.34. The molecule has 2 aliphatic rings. The molecular weight excluding hydrogens is 667 g/mol. The fourth-order valence-corrected chi connectivity index (χ4v) is 9.60. The average Bonchev–Trinajstić information content (AvgIpc) is 3.88. The largest absolute Gasteiger partial charge is 0.296 e. The van der Waals surface area contributed by atoms with E-state index in [0.717, 1.165) is 39.4 Å². The molecule has 55 heavy (non-hydrogen) atoms. The first-order valence-corrected chi connectivity index (χ1v) is 19.1. The molecule has 3 heteroatoms. The average molecular weight is 704 g/mol. The van der Waals surface area contributed by atoms with E-state index in [0.29, 0.717) is 0 Å². The van der Waals surface area contributed by atoms with Crippen molar-refractivity contribution < 1.29 is 0 Å². The molecule has 2 heterocycles. The quantitative estimate of drug-likeness (QED) is 0.179. The highest BCUT2D eigenvalue weighted by Crippen LogP contribution is 2.57. The van der Waals surface area contributed by atoms with E-state index in [9.17, 15) is 0 Å². The van der Waals surface area contributed by atoms with Crippen LogP contribution in [0.5, 0.6) is 0 Å². The standard InChI is InChI=1S/C52H37N3/c1-51(2)43-24-14-12-22-39(43)41-28-26-35(30-45(41)51)47-33-55-48(34-16-6-3-7-17-34)32-53-50(55)49(54-47)36-27-29-42-40-23-13-15-25-44(40)52(46(42)31-36,37-18-8-4-9-19-37)38-20-10-5-11-21-38/h3-33H,1-2H3. The Bertz CT molecular complexity index is 2900. The fraction of sp³-hybridized carbons (Fsp3) is 0.0769. The summed E-state index contributed by atoms with van der Waals surface area (Å²) in [6, 6.07) is 64.0. The van der Waals surface area contributed by atoms with Crippen molar-refractivity contribution in [3.8, 4) is 56.0 Å². The number of rotatable bonds is 5. The van der Waals surface area contributed by atoms with Gasteiger partial charge in [-0.1, -0.05) is 178 Å². The van der Waals surface area contributed by atoms with Gasteiger partial charge in [0, 0.05) is 28.3 Å². The van der Waals surface area contributed by atoms with Gasteiger partial charge in [0.1, 0.15) is 5.69 Å². The van der Waals surface area contributed by atoms with Crippen molar-refractivity contribution in [1.29, 1.82) is 0 Å². The molecule has 2 aromatic heterocycles. The number of aromatic nitrogens is 3. The third-order valence-electron chi connectivity index (χ3n) is 12.2. The molecule has 260 valence electrons. The van der Waals surface area contributed by atoms with Crippen LogP contribution in [0, 0.1) is 0 Å². The highest BCUT2D eigenvalue weighted by Gasteiger charge is 2.46. The van der Waals surface area contributed by atoms with E-state index in [1.54, 1.807) is 0 Å². The first kappa shape index (κ1) is 31.7. The maximum Gasteiger partial charge on any atom is 0.164 e. The lowest BCUT2D eigenvalue weighted by atomic mass is 9.67. The predicted molar refractivity (Wildman–Crippen MR) is 224 cm³/mol. The molecule has 0 atom stereocenters. The molecule has 2 aliphatic carbocycles. The smallest absolute Gasteiger partial charge is 0.164 e. The van der Waals surface area contributed by atoms with Gasteiger partial charge in [-0.3, -0.25) is 4.40 Å². The summed E-state index contributed by atoms with van der Waals surface area (Å²) in [6.45, 7) is 4.67. The normalized spacial score (nSPS) is 14.3. The second-order valence-corrected chi connectivity index (χ2v) is 15.4. The fourth-order valence-electron chi connectivity index (χ4n) is 9.60. The molecule has 0 radical (unpaired) electrons. The third kappa shape index (κ3) is 4.50.